The van der Waals surface area contributed by atoms with Crippen LogP contribution in [-0.2, 0) is 25.4 Å². The first-order chi connectivity index (χ1) is 9.18. The van der Waals surface area contributed by atoms with E-state index in [1.807, 2.05) is 0 Å². The van der Waals surface area contributed by atoms with Crippen molar-refractivity contribution in [1.29, 1.82) is 0 Å². The van der Waals surface area contributed by atoms with Gasteiger partial charge >= 0.3 is 0 Å². The molecule has 0 bridgehead atoms. The molecule has 0 spiro atoms. The van der Waals surface area contributed by atoms with Crippen LogP contribution in [0.3, 0.4) is 0 Å². The topological polar surface area (TPSA) is 94.1 Å². The second-order valence-corrected chi connectivity index (χ2v) is 9.32. The number of aromatic nitrogens is 2. The zero-order valence-electron chi connectivity index (χ0n) is 10.1. The molecule has 2 aromatic rings. The van der Waals surface area contributed by atoms with Crippen molar-refractivity contribution in [3.8, 4) is 0 Å². The second kappa shape index (κ2) is 5.19. The fourth-order valence-electron chi connectivity index (χ4n) is 1.33. The maximum Gasteiger partial charge on any atom is 0.233 e. The molecule has 1 heterocycles. The molecule has 6 nitrogen and oxygen atoms in total. The molecular weight excluding hydrogens is 327 g/mol. The monoisotopic (exact) mass is 336 g/mol. The van der Waals surface area contributed by atoms with Crippen molar-refractivity contribution < 1.29 is 21.2 Å². The minimum Gasteiger partial charge on any atom is -0.221 e. The Balaban J connectivity index is 2.31. The number of benzene rings is 1. The normalized spacial score (nSPS) is 12.5. The third-order valence-corrected chi connectivity index (χ3v) is 6.97. The minimum atomic E-state index is -3.81. The molecule has 0 unspecified atom stereocenters. The van der Waals surface area contributed by atoms with E-state index in [1.54, 1.807) is 0 Å². The average molecular weight is 336 g/mol. The van der Waals surface area contributed by atoms with Crippen LogP contribution in [-0.4, -0.2) is 33.3 Å². The van der Waals surface area contributed by atoms with E-state index in [0.717, 1.165) is 18.4 Å². The van der Waals surface area contributed by atoms with Gasteiger partial charge in [-0.25, -0.2) is 21.2 Å². The van der Waals surface area contributed by atoms with Crippen LogP contribution in [0.25, 0.3) is 0 Å². The highest BCUT2D eigenvalue weighted by Gasteiger charge is 2.24. The molecule has 20 heavy (non-hydrogen) atoms. The van der Waals surface area contributed by atoms with Gasteiger partial charge in [0.05, 0.1) is 5.75 Å². The Kier molecular flexibility index (Phi) is 3.89. The molecule has 1 aromatic heterocycles. The summed E-state index contributed by atoms with van der Waals surface area (Å²) in [6.07, 6.45) is 0.921. The molecule has 1 aromatic carbocycles. The van der Waals surface area contributed by atoms with Crippen molar-refractivity contribution in [3.05, 3.63) is 35.6 Å². The van der Waals surface area contributed by atoms with Gasteiger partial charge in [0.1, 0.15) is 5.82 Å². The van der Waals surface area contributed by atoms with E-state index in [9.17, 15) is 21.2 Å². The van der Waals surface area contributed by atoms with Crippen molar-refractivity contribution in [2.75, 3.05) is 6.26 Å². The highest BCUT2D eigenvalue weighted by molar-refractivity contribution is 7.95. The van der Waals surface area contributed by atoms with Crippen LogP contribution in [0.4, 0.5) is 4.39 Å². The van der Waals surface area contributed by atoms with Crippen LogP contribution in [0.2, 0.25) is 0 Å². The number of sulfone groups is 2. The van der Waals surface area contributed by atoms with Crippen LogP contribution in [0, 0.1) is 5.82 Å². The summed E-state index contributed by atoms with van der Waals surface area (Å²) in [7, 11) is -7.40. The molecule has 0 fully saturated rings. The zero-order valence-corrected chi connectivity index (χ0v) is 12.6. The average Bonchev–Trinajstić information content (AvgIpc) is 2.82. The molecule has 0 amide bonds. The van der Waals surface area contributed by atoms with Crippen molar-refractivity contribution >= 4 is 31.0 Å². The summed E-state index contributed by atoms with van der Waals surface area (Å²) in [6, 6.07) is 4.97. The quantitative estimate of drug-likeness (QED) is 0.828. The molecule has 0 saturated carbocycles. The van der Waals surface area contributed by atoms with Gasteiger partial charge in [0, 0.05) is 6.26 Å². The van der Waals surface area contributed by atoms with Crippen molar-refractivity contribution in [2.24, 2.45) is 0 Å². The predicted octanol–water partition coefficient (Wildman–Crippen LogP) is 1.05. The molecular formula is C10H9FN2O4S3. The third kappa shape index (κ3) is 3.38. The van der Waals surface area contributed by atoms with Gasteiger partial charge in [0.25, 0.3) is 0 Å². The second-order valence-electron chi connectivity index (χ2n) is 3.99. The molecule has 0 aliphatic heterocycles. The lowest BCUT2D eigenvalue weighted by Gasteiger charge is -2.00. The van der Waals surface area contributed by atoms with Crippen LogP contribution in [0.1, 0.15) is 5.56 Å². The van der Waals surface area contributed by atoms with Gasteiger partial charge in [0.15, 0.2) is 0 Å². The first kappa shape index (κ1) is 15.0. The van der Waals surface area contributed by atoms with Crippen LogP contribution >= 0.6 is 11.3 Å². The predicted molar refractivity (Wildman–Crippen MR) is 70.3 cm³/mol. The van der Waals surface area contributed by atoms with Gasteiger partial charge in [0.2, 0.25) is 28.4 Å². The van der Waals surface area contributed by atoms with E-state index >= 15 is 0 Å². The molecule has 2 rings (SSSR count). The Hall–Kier alpha value is -1.39. The fraction of sp³-hybridized carbons (Fsp3) is 0.200. The van der Waals surface area contributed by atoms with E-state index < -0.39 is 31.2 Å². The zero-order chi connectivity index (χ0) is 15.0. The summed E-state index contributed by atoms with van der Waals surface area (Å²) in [5.74, 6) is -0.868. The Morgan fingerprint density at radius 3 is 2.10 bits per heavy atom. The standard InChI is InChI=1S/C10H9FN2O4S3/c1-19(14,15)9-12-13-10(18-9)20(16,17)6-7-2-4-8(11)5-3-7/h2-5H,6H2,1H3. The summed E-state index contributed by atoms with van der Waals surface area (Å²) >= 11 is 0.497. The van der Waals surface area contributed by atoms with Crippen molar-refractivity contribution in [2.45, 2.75) is 14.4 Å². The lowest BCUT2D eigenvalue weighted by Crippen LogP contribution is -2.04. The Morgan fingerprint density at radius 2 is 1.60 bits per heavy atom. The van der Waals surface area contributed by atoms with Crippen LogP contribution in [0.15, 0.2) is 32.9 Å². The third-order valence-electron chi connectivity index (χ3n) is 2.24. The Bertz CT molecular complexity index is 826. The van der Waals surface area contributed by atoms with Gasteiger partial charge in [-0.05, 0) is 17.7 Å². The van der Waals surface area contributed by atoms with Crippen molar-refractivity contribution in [3.63, 3.8) is 0 Å². The molecule has 0 radical (unpaired) electrons. The lowest BCUT2D eigenvalue weighted by atomic mass is 10.2. The Morgan fingerprint density at radius 1 is 1.05 bits per heavy atom. The van der Waals surface area contributed by atoms with E-state index in [1.165, 1.54) is 12.1 Å². The van der Waals surface area contributed by atoms with Crippen LogP contribution < -0.4 is 0 Å². The summed E-state index contributed by atoms with van der Waals surface area (Å²) in [5.41, 5.74) is 0.377. The number of hydrogen-bond donors (Lipinski definition) is 0. The SMILES string of the molecule is CS(=O)(=O)c1nnc(S(=O)(=O)Cc2ccc(F)cc2)s1. The first-order valence-corrected chi connectivity index (χ1v) is 9.55. The summed E-state index contributed by atoms with van der Waals surface area (Å²) in [6.45, 7) is 0. The lowest BCUT2D eigenvalue weighted by molar-refractivity contribution is 0.590. The number of hydrogen-bond acceptors (Lipinski definition) is 7. The molecule has 0 atom stereocenters. The van der Waals surface area contributed by atoms with E-state index in [-0.39, 0.29) is 8.68 Å². The highest BCUT2D eigenvalue weighted by Crippen LogP contribution is 2.23. The van der Waals surface area contributed by atoms with E-state index in [2.05, 4.69) is 10.2 Å². The molecule has 0 saturated heterocycles. The van der Waals surface area contributed by atoms with Crippen LogP contribution in [0.5, 0.6) is 0 Å². The smallest absolute Gasteiger partial charge is 0.221 e. The van der Waals surface area contributed by atoms with Gasteiger partial charge < -0.3 is 0 Å². The van der Waals surface area contributed by atoms with Gasteiger partial charge in [-0.3, -0.25) is 0 Å². The van der Waals surface area contributed by atoms with Gasteiger partial charge in [-0.2, -0.15) is 0 Å². The number of nitrogens with zero attached hydrogens (tertiary/aromatic N) is 2. The number of rotatable bonds is 4. The molecule has 0 aliphatic rings. The summed E-state index contributed by atoms with van der Waals surface area (Å²) in [5, 5.41) is 6.75. The number of halogens is 1. The molecule has 0 N–H and O–H groups in total. The van der Waals surface area contributed by atoms with Crippen molar-refractivity contribution in [1.82, 2.24) is 10.2 Å². The minimum absolute atomic E-state index is 0.352. The first-order valence-electron chi connectivity index (χ1n) is 5.19. The molecule has 0 aliphatic carbocycles. The van der Waals surface area contributed by atoms with Gasteiger partial charge in [-0.15, -0.1) is 10.2 Å². The van der Waals surface area contributed by atoms with Gasteiger partial charge in [-0.1, -0.05) is 23.5 Å². The molecule has 10 heteroatoms. The summed E-state index contributed by atoms with van der Waals surface area (Å²) < 4.78 is 58.6. The Labute approximate surface area is 119 Å². The maximum atomic E-state index is 12.7. The maximum absolute atomic E-state index is 12.7. The summed E-state index contributed by atoms with van der Waals surface area (Å²) in [4.78, 5) is 0. The highest BCUT2D eigenvalue weighted by atomic mass is 32.3. The molecule has 108 valence electrons. The fourth-order valence-corrected chi connectivity index (χ4v) is 4.68. The largest absolute Gasteiger partial charge is 0.233 e. The van der Waals surface area contributed by atoms with E-state index in [4.69, 9.17) is 0 Å². The van der Waals surface area contributed by atoms with E-state index in [0.29, 0.717) is 16.9 Å².